The maximum Gasteiger partial charge on any atom is 0.405 e. The lowest BCUT2D eigenvalue weighted by Gasteiger charge is -2.69. The number of ketones is 2. The lowest BCUT2D eigenvalue weighted by molar-refractivity contribution is -0.175. The van der Waals surface area contributed by atoms with Crippen LogP contribution in [0.4, 0.5) is 13.2 Å². The van der Waals surface area contributed by atoms with Crippen LogP contribution in [0.25, 0.3) is 0 Å². The lowest BCUT2D eigenvalue weighted by atomic mass is 9.34. The Morgan fingerprint density at radius 3 is 2.29 bits per heavy atom. The van der Waals surface area contributed by atoms with Gasteiger partial charge in [0.15, 0.2) is 11.6 Å². The summed E-state index contributed by atoms with van der Waals surface area (Å²) >= 11 is 0. The van der Waals surface area contributed by atoms with Gasteiger partial charge in [0.1, 0.15) is 12.6 Å². The van der Waals surface area contributed by atoms with E-state index < -0.39 is 40.3 Å². The van der Waals surface area contributed by atoms with E-state index in [0.29, 0.717) is 19.3 Å². The molecule has 3 saturated carbocycles. The Morgan fingerprint density at radius 2 is 1.67 bits per heavy atom. The number of amides is 1. The molecule has 230 valence electrons. The highest BCUT2D eigenvalue weighted by Gasteiger charge is 2.69. The normalized spacial score (nSPS) is 42.1. The van der Waals surface area contributed by atoms with Gasteiger partial charge in [0.05, 0.1) is 5.57 Å². The maximum atomic E-state index is 14.5. The molecular weight excluding hydrogens is 541 g/mol. The van der Waals surface area contributed by atoms with Crippen molar-refractivity contribution in [2.24, 2.45) is 50.2 Å². The molecule has 0 saturated heterocycles. The predicted octanol–water partition coefficient (Wildman–Crippen LogP) is 7.27. The Balaban J connectivity index is 1.60. The molecule has 0 aromatic carbocycles. The molecule has 5 rings (SSSR count). The number of nitrogens with zero attached hydrogens (tertiary/aromatic N) is 1. The van der Waals surface area contributed by atoms with E-state index in [4.69, 9.17) is 0 Å². The highest BCUT2D eigenvalue weighted by molar-refractivity contribution is 6.04. The summed E-state index contributed by atoms with van der Waals surface area (Å²) in [5.74, 6) is -1.24. The van der Waals surface area contributed by atoms with Gasteiger partial charge in [-0.05, 0) is 84.5 Å². The molecule has 3 fully saturated rings. The first-order valence-electron chi connectivity index (χ1n) is 15.4. The number of Topliss-reactive ketones (excluding diaryl/α,β-unsaturated/α-hetero) is 1. The van der Waals surface area contributed by atoms with Crippen molar-refractivity contribution in [3.8, 4) is 6.07 Å². The van der Waals surface area contributed by atoms with E-state index in [0.717, 1.165) is 31.3 Å². The van der Waals surface area contributed by atoms with Gasteiger partial charge in [-0.3, -0.25) is 14.4 Å². The average molecular weight is 587 g/mol. The Morgan fingerprint density at radius 1 is 1.02 bits per heavy atom. The SMILES string of the molecule is CC1(C)CCC2(CC(=O)NCC(F)(F)F)CCC3(C)C(C(=O)C=C4C5(C)C=C(C#N)C(=O)C(C)(C)C5CCC43C)C2C1. The van der Waals surface area contributed by atoms with Crippen molar-refractivity contribution in [2.45, 2.75) is 106 Å². The maximum absolute atomic E-state index is 14.5. The quantitative estimate of drug-likeness (QED) is 0.377. The van der Waals surface area contributed by atoms with Crippen LogP contribution in [-0.2, 0) is 14.4 Å². The zero-order valence-corrected chi connectivity index (χ0v) is 26.1. The van der Waals surface area contributed by atoms with Crippen molar-refractivity contribution in [1.29, 1.82) is 5.26 Å². The molecule has 0 aromatic heterocycles. The van der Waals surface area contributed by atoms with Gasteiger partial charge in [-0.15, -0.1) is 0 Å². The van der Waals surface area contributed by atoms with Crippen LogP contribution < -0.4 is 5.32 Å². The molecule has 1 N–H and O–H groups in total. The molecule has 42 heavy (non-hydrogen) atoms. The van der Waals surface area contributed by atoms with E-state index in [2.05, 4.69) is 46.0 Å². The fourth-order valence-corrected chi connectivity index (χ4v) is 10.6. The lowest BCUT2D eigenvalue weighted by Crippen LogP contribution is -2.65. The van der Waals surface area contributed by atoms with Crippen molar-refractivity contribution in [2.75, 3.05) is 6.54 Å². The number of nitrogens with one attached hydrogen (secondary N) is 1. The molecule has 8 heteroatoms. The Kier molecular flexibility index (Phi) is 6.86. The Labute approximate surface area is 247 Å². The number of carbonyl (C=O) groups is 3. The smallest absolute Gasteiger partial charge is 0.347 e. The number of alkyl halides is 3. The van der Waals surface area contributed by atoms with Crippen molar-refractivity contribution in [3.05, 3.63) is 23.3 Å². The molecule has 0 heterocycles. The monoisotopic (exact) mass is 586 g/mol. The van der Waals surface area contributed by atoms with Crippen LogP contribution in [0.3, 0.4) is 0 Å². The van der Waals surface area contributed by atoms with E-state index >= 15 is 0 Å². The minimum absolute atomic E-state index is 0.00132. The number of fused-ring (bicyclic) bond motifs is 7. The van der Waals surface area contributed by atoms with Crippen LogP contribution >= 0.6 is 0 Å². The molecule has 7 unspecified atom stereocenters. The predicted molar refractivity (Wildman–Crippen MR) is 153 cm³/mol. The number of halogens is 3. The highest BCUT2D eigenvalue weighted by Crippen LogP contribution is 2.74. The molecule has 0 aliphatic heterocycles. The standard InChI is InChI=1S/C34H45F3N2O3/c1-28(2)10-12-33(17-25(41)39-19-34(35,36)37)13-11-32(7)26(21(33)16-28)22(40)14-24-30(5)15-20(18-38)27(42)29(3,4)23(30)8-9-31(24,32)6/h14-15,21,23,26H,8-13,16-17,19H2,1-7H3,(H,39,41). The molecule has 1 amide bonds. The van der Waals surface area contributed by atoms with Gasteiger partial charge >= 0.3 is 6.18 Å². The third-order valence-electron chi connectivity index (χ3n) is 13.0. The van der Waals surface area contributed by atoms with E-state index in [1.165, 1.54) is 0 Å². The van der Waals surface area contributed by atoms with Gasteiger partial charge in [-0.25, -0.2) is 0 Å². The second kappa shape index (κ2) is 9.29. The first kappa shape index (κ1) is 31.0. The van der Waals surface area contributed by atoms with Crippen LogP contribution in [0.1, 0.15) is 99.8 Å². The summed E-state index contributed by atoms with van der Waals surface area (Å²) in [6.45, 7) is 13.4. The van der Waals surface area contributed by atoms with Crippen LogP contribution in [-0.4, -0.2) is 30.2 Å². The van der Waals surface area contributed by atoms with E-state index in [1.54, 1.807) is 0 Å². The van der Waals surface area contributed by atoms with Gasteiger partial charge in [-0.2, -0.15) is 18.4 Å². The third kappa shape index (κ3) is 4.34. The number of carbonyl (C=O) groups excluding carboxylic acids is 3. The van der Waals surface area contributed by atoms with Crippen LogP contribution in [0, 0.1) is 61.6 Å². The second-order valence-electron chi connectivity index (χ2n) is 16.2. The summed E-state index contributed by atoms with van der Waals surface area (Å²) in [4.78, 5) is 40.7. The first-order valence-corrected chi connectivity index (χ1v) is 15.4. The van der Waals surface area contributed by atoms with Gasteiger partial charge in [0, 0.05) is 23.2 Å². The van der Waals surface area contributed by atoms with Gasteiger partial charge in [0.2, 0.25) is 5.91 Å². The van der Waals surface area contributed by atoms with Gasteiger partial charge in [0.25, 0.3) is 0 Å². The minimum Gasteiger partial charge on any atom is -0.347 e. The van der Waals surface area contributed by atoms with E-state index in [9.17, 15) is 32.8 Å². The summed E-state index contributed by atoms with van der Waals surface area (Å²) in [6, 6.07) is 2.13. The second-order valence-corrected chi connectivity index (χ2v) is 16.2. The molecule has 0 aromatic rings. The number of hydrogen-bond acceptors (Lipinski definition) is 4. The van der Waals surface area contributed by atoms with Crippen LogP contribution in [0.2, 0.25) is 0 Å². The number of allylic oxidation sites excluding steroid dienone is 4. The molecule has 5 aliphatic carbocycles. The topological polar surface area (TPSA) is 87.0 Å². The fourth-order valence-electron chi connectivity index (χ4n) is 10.6. The Hall–Kier alpha value is -2.43. The van der Waals surface area contributed by atoms with Crippen molar-refractivity contribution in [3.63, 3.8) is 0 Å². The molecule has 5 nitrogen and oxygen atoms in total. The summed E-state index contributed by atoms with van der Waals surface area (Å²) in [5, 5.41) is 12.0. The van der Waals surface area contributed by atoms with Gasteiger partial charge in [-0.1, -0.05) is 60.1 Å². The molecular formula is C34H45F3N2O3. The summed E-state index contributed by atoms with van der Waals surface area (Å²) in [7, 11) is 0. The number of rotatable bonds is 3. The fraction of sp³-hybridized carbons (Fsp3) is 0.765. The zero-order chi connectivity index (χ0) is 31.3. The van der Waals surface area contributed by atoms with E-state index in [1.807, 2.05) is 26.0 Å². The number of hydrogen-bond donors (Lipinski definition) is 1. The van der Waals surface area contributed by atoms with Crippen LogP contribution in [0.15, 0.2) is 23.3 Å². The Bertz CT molecular complexity index is 1340. The molecule has 7 atom stereocenters. The summed E-state index contributed by atoms with van der Waals surface area (Å²) < 4.78 is 38.7. The summed E-state index contributed by atoms with van der Waals surface area (Å²) in [5.41, 5.74) is -1.59. The summed E-state index contributed by atoms with van der Waals surface area (Å²) in [6.07, 6.45) is 4.44. The van der Waals surface area contributed by atoms with E-state index in [-0.39, 0.29) is 52.1 Å². The van der Waals surface area contributed by atoms with Crippen molar-refractivity contribution >= 4 is 17.5 Å². The minimum atomic E-state index is -4.48. The first-order chi connectivity index (χ1) is 19.2. The molecule has 5 aliphatic rings. The average Bonchev–Trinajstić information content (AvgIpc) is 2.87. The molecule has 0 bridgehead atoms. The molecule has 0 radical (unpaired) electrons. The third-order valence-corrected chi connectivity index (χ3v) is 13.0. The van der Waals surface area contributed by atoms with Crippen molar-refractivity contribution < 1.29 is 27.6 Å². The van der Waals surface area contributed by atoms with Crippen LogP contribution in [0.5, 0.6) is 0 Å². The van der Waals surface area contributed by atoms with Crippen molar-refractivity contribution in [1.82, 2.24) is 5.32 Å². The number of nitriles is 1. The largest absolute Gasteiger partial charge is 0.405 e. The zero-order valence-electron chi connectivity index (χ0n) is 26.1. The molecule has 0 spiro atoms. The highest BCUT2D eigenvalue weighted by atomic mass is 19.4. The van der Waals surface area contributed by atoms with Gasteiger partial charge < -0.3 is 5.32 Å².